The smallest absolute Gasteiger partial charge is 0.343 e. The summed E-state index contributed by atoms with van der Waals surface area (Å²) in [4.78, 5) is 28.2. The molecule has 1 aliphatic heterocycles. The third-order valence-electron chi connectivity index (χ3n) is 4.16. The first-order chi connectivity index (χ1) is 12.1. The van der Waals surface area contributed by atoms with Crippen molar-refractivity contribution in [1.82, 2.24) is 25.0 Å². The zero-order chi connectivity index (χ0) is 17.6. The molecule has 1 unspecified atom stereocenters. The Morgan fingerprint density at radius 3 is 2.92 bits per heavy atom. The van der Waals surface area contributed by atoms with Crippen molar-refractivity contribution < 1.29 is 9.53 Å². The molecule has 2 heterocycles. The number of carbonyl (C=O) groups is 1. The average molecular weight is 345 g/mol. The van der Waals surface area contributed by atoms with Gasteiger partial charge in [0.2, 0.25) is 5.82 Å². The highest BCUT2D eigenvalue weighted by molar-refractivity contribution is 5.90. The molecule has 3 rings (SSSR count). The Morgan fingerprint density at radius 2 is 2.20 bits per heavy atom. The third-order valence-corrected chi connectivity index (χ3v) is 4.16. The van der Waals surface area contributed by atoms with Gasteiger partial charge in [-0.2, -0.15) is 0 Å². The van der Waals surface area contributed by atoms with Gasteiger partial charge in [-0.05, 0) is 12.0 Å². The molecule has 1 aromatic carbocycles. The molecule has 0 bridgehead atoms. The van der Waals surface area contributed by atoms with Crippen LogP contribution in [0.4, 0.5) is 0 Å². The average Bonchev–Trinajstić information content (AvgIpc) is 2.82. The highest BCUT2D eigenvalue weighted by Crippen LogP contribution is 2.10. The number of ether oxygens (including phenoxy) is 1. The van der Waals surface area contributed by atoms with Crippen LogP contribution in [0.5, 0.6) is 0 Å². The molecule has 8 nitrogen and oxygen atoms in total. The maximum atomic E-state index is 12.1. The summed E-state index contributed by atoms with van der Waals surface area (Å²) < 4.78 is 6.93. The standard InChI is InChI=1S/C17H23N5O3/c1-21-17(24)19-15(20-21)16(23)18-10-14-12-22(8-5-9-25-14)11-13-6-3-2-4-7-13/h2-4,6-7,14H,5,8-12H2,1H3,(H,18,23)(H,19,20,24). The molecule has 1 atom stereocenters. The monoisotopic (exact) mass is 345 g/mol. The number of H-pyrrole nitrogens is 1. The molecular weight excluding hydrogens is 322 g/mol. The predicted octanol–water partition coefficient (Wildman–Crippen LogP) is 0.129. The molecule has 8 heteroatoms. The van der Waals surface area contributed by atoms with Gasteiger partial charge in [-0.15, -0.1) is 5.10 Å². The van der Waals surface area contributed by atoms with Crippen molar-refractivity contribution in [2.75, 3.05) is 26.2 Å². The number of benzene rings is 1. The first-order valence-electron chi connectivity index (χ1n) is 8.41. The van der Waals surface area contributed by atoms with Crippen LogP contribution in [-0.4, -0.2) is 57.9 Å². The number of carbonyl (C=O) groups excluding carboxylic acids is 1. The molecule has 1 saturated heterocycles. The molecule has 1 fully saturated rings. The van der Waals surface area contributed by atoms with Gasteiger partial charge in [0.25, 0.3) is 5.91 Å². The van der Waals surface area contributed by atoms with Crippen LogP contribution in [0.3, 0.4) is 0 Å². The third kappa shape index (κ3) is 4.77. The fourth-order valence-electron chi connectivity index (χ4n) is 2.87. The van der Waals surface area contributed by atoms with E-state index in [4.69, 9.17) is 4.74 Å². The molecule has 0 spiro atoms. The summed E-state index contributed by atoms with van der Waals surface area (Å²) in [5, 5.41) is 6.63. The molecule has 134 valence electrons. The molecule has 1 aromatic heterocycles. The summed E-state index contributed by atoms with van der Waals surface area (Å²) in [6, 6.07) is 10.3. The number of aryl methyl sites for hydroxylation is 1. The Kier molecular flexibility index (Phi) is 5.62. The van der Waals surface area contributed by atoms with Crippen molar-refractivity contribution in [3.8, 4) is 0 Å². The second-order valence-corrected chi connectivity index (χ2v) is 6.18. The quantitative estimate of drug-likeness (QED) is 0.804. The minimum Gasteiger partial charge on any atom is -0.375 e. The van der Waals surface area contributed by atoms with E-state index in [1.165, 1.54) is 12.6 Å². The molecule has 1 aliphatic rings. The van der Waals surface area contributed by atoms with Gasteiger partial charge in [0.15, 0.2) is 0 Å². The number of amides is 1. The van der Waals surface area contributed by atoms with E-state index < -0.39 is 11.6 Å². The summed E-state index contributed by atoms with van der Waals surface area (Å²) in [6.07, 6.45) is 0.871. The van der Waals surface area contributed by atoms with Gasteiger partial charge >= 0.3 is 5.69 Å². The highest BCUT2D eigenvalue weighted by Gasteiger charge is 2.20. The van der Waals surface area contributed by atoms with E-state index in [0.717, 1.165) is 30.7 Å². The van der Waals surface area contributed by atoms with E-state index in [-0.39, 0.29) is 11.9 Å². The van der Waals surface area contributed by atoms with Gasteiger partial charge in [0.05, 0.1) is 6.10 Å². The van der Waals surface area contributed by atoms with E-state index in [0.29, 0.717) is 13.2 Å². The topological polar surface area (TPSA) is 92.2 Å². The number of rotatable bonds is 5. The van der Waals surface area contributed by atoms with Gasteiger partial charge in [-0.1, -0.05) is 30.3 Å². The highest BCUT2D eigenvalue weighted by atomic mass is 16.5. The summed E-state index contributed by atoms with van der Waals surface area (Å²) in [7, 11) is 1.49. The first-order valence-corrected chi connectivity index (χ1v) is 8.41. The number of hydrogen-bond acceptors (Lipinski definition) is 5. The van der Waals surface area contributed by atoms with Crippen LogP contribution < -0.4 is 11.0 Å². The van der Waals surface area contributed by atoms with E-state index in [9.17, 15) is 9.59 Å². The summed E-state index contributed by atoms with van der Waals surface area (Å²) in [6.45, 7) is 3.62. The molecule has 0 radical (unpaired) electrons. The molecule has 1 amide bonds. The minimum atomic E-state index is -0.412. The van der Waals surface area contributed by atoms with Crippen molar-refractivity contribution >= 4 is 5.91 Å². The predicted molar refractivity (Wildman–Crippen MR) is 92.2 cm³/mol. The number of aromatic amines is 1. The van der Waals surface area contributed by atoms with E-state index in [1.54, 1.807) is 0 Å². The van der Waals surface area contributed by atoms with E-state index in [2.05, 4.69) is 32.4 Å². The zero-order valence-corrected chi connectivity index (χ0v) is 14.3. The van der Waals surface area contributed by atoms with Crippen LogP contribution in [0, 0.1) is 0 Å². The Balaban J connectivity index is 1.54. The lowest BCUT2D eigenvalue weighted by atomic mass is 10.2. The Bertz CT molecular complexity index is 755. The molecule has 25 heavy (non-hydrogen) atoms. The fourth-order valence-corrected chi connectivity index (χ4v) is 2.87. The lowest BCUT2D eigenvalue weighted by Crippen LogP contribution is -2.40. The second-order valence-electron chi connectivity index (χ2n) is 6.18. The number of nitrogens with one attached hydrogen (secondary N) is 2. The van der Waals surface area contributed by atoms with Gasteiger partial charge < -0.3 is 10.1 Å². The second kappa shape index (κ2) is 8.09. The Labute approximate surface area is 145 Å². The maximum Gasteiger partial charge on any atom is 0.343 e. The zero-order valence-electron chi connectivity index (χ0n) is 14.3. The van der Waals surface area contributed by atoms with Crippen molar-refractivity contribution in [1.29, 1.82) is 0 Å². The Morgan fingerprint density at radius 1 is 1.40 bits per heavy atom. The van der Waals surface area contributed by atoms with Crippen molar-refractivity contribution in [2.24, 2.45) is 7.05 Å². The van der Waals surface area contributed by atoms with Crippen molar-refractivity contribution in [2.45, 2.75) is 19.1 Å². The van der Waals surface area contributed by atoms with Gasteiger partial charge in [-0.3, -0.25) is 14.7 Å². The van der Waals surface area contributed by atoms with E-state index in [1.807, 2.05) is 18.2 Å². The fraction of sp³-hybridized carbons (Fsp3) is 0.471. The summed E-state index contributed by atoms with van der Waals surface area (Å²) in [5.41, 5.74) is 0.850. The molecule has 0 aliphatic carbocycles. The van der Waals surface area contributed by atoms with Crippen LogP contribution >= 0.6 is 0 Å². The van der Waals surface area contributed by atoms with Crippen LogP contribution in [0.1, 0.15) is 22.6 Å². The molecular formula is C17H23N5O3. The van der Waals surface area contributed by atoms with Crippen molar-refractivity contribution in [3.63, 3.8) is 0 Å². The normalized spacial score (nSPS) is 18.7. The first kappa shape index (κ1) is 17.4. The van der Waals surface area contributed by atoms with Gasteiger partial charge in [-0.25, -0.2) is 9.48 Å². The summed E-state index contributed by atoms with van der Waals surface area (Å²) >= 11 is 0. The molecule has 0 saturated carbocycles. The van der Waals surface area contributed by atoms with Gasteiger partial charge in [0, 0.05) is 39.8 Å². The molecule has 2 aromatic rings. The number of aromatic nitrogens is 3. The lowest BCUT2D eigenvalue weighted by molar-refractivity contribution is 0.0509. The van der Waals surface area contributed by atoms with Crippen LogP contribution in [0.15, 0.2) is 35.1 Å². The summed E-state index contributed by atoms with van der Waals surface area (Å²) in [5.74, 6) is -0.387. The van der Waals surface area contributed by atoms with Crippen LogP contribution in [-0.2, 0) is 18.3 Å². The number of hydrogen-bond donors (Lipinski definition) is 2. The largest absolute Gasteiger partial charge is 0.375 e. The number of nitrogens with zero attached hydrogens (tertiary/aromatic N) is 3. The van der Waals surface area contributed by atoms with Crippen LogP contribution in [0.2, 0.25) is 0 Å². The van der Waals surface area contributed by atoms with E-state index >= 15 is 0 Å². The lowest BCUT2D eigenvalue weighted by Gasteiger charge is -2.23. The minimum absolute atomic E-state index is 0.0160. The maximum absolute atomic E-state index is 12.1. The van der Waals surface area contributed by atoms with Gasteiger partial charge in [0.1, 0.15) is 0 Å². The van der Waals surface area contributed by atoms with Crippen molar-refractivity contribution in [3.05, 3.63) is 52.2 Å². The van der Waals surface area contributed by atoms with Crippen LogP contribution in [0.25, 0.3) is 0 Å². The Hall–Kier alpha value is -2.45. The SMILES string of the molecule is Cn1nc(C(=O)NCC2CN(Cc3ccccc3)CCCO2)[nH]c1=O. The molecule has 2 N–H and O–H groups in total.